The van der Waals surface area contributed by atoms with Gasteiger partial charge in [0, 0.05) is 0 Å². The summed E-state index contributed by atoms with van der Waals surface area (Å²) in [7, 11) is 1.44. The van der Waals surface area contributed by atoms with E-state index < -0.39 is 17.8 Å². The van der Waals surface area contributed by atoms with Gasteiger partial charge in [-0.25, -0.2) is 4.79 Å². The fourth-order valence-corrected chi connectivity index (χ4v) is 1.69. The summed E-state index contributed by atoms with van der Waals surface area (Å²) in [5.41, 5.74) is 5.75. The number of hydrogen-bond acceptors (Lipinski definition) is 5. The number of carbonyl (C=O) groups excluding carboxylic acids is 3. The van der Waals surface area contributed by atoms with Crippen molar-refractivity contribution >= 4 is 23.9 Å². The van der Waals surface area contributed by atoms with Crippen LogP contribution in [0.5, 0.6) is 11.5 Å². The molecule has 110 valence electrons. The molecule has 1 fully saturated rings. The van der Waals surface area contributed by atoms with Crippen molar-refractivity contribution in [2.75, 3.05) is 13.7 Å². The van der Waals surface area contributed by atoms with E-state index in [1.807, 2.05) is 0 Å². The first-order valence-electron chi connectivity index (χ1n) is 5.93. The van der Waals surface area contributed by atoms with Gasteiger partial charge in [0.25, 0.3) is 11.8 Å². The molecule has 21 heavy (non-hydrogen) atoms. The molecule has 1 aliphatic rings. The standard InChI is InChI=1S/C13H13N3O5/c1-20-10-5-7(2-3-9(10)21-6-11(14)17)4-8-12(18)16-13(19)15-8/h2-5H,6H2,1H3,(H2,14,17)(H2,15,16,18,19)/b8-4-. The van der Waals surface area contributed by atoms with Crippen LogP contribution >= 0.6 is 0 Å². The Balaban J connectivity index is 2.23. The molecule has 1 heterocycles. The molecular weight excluding hydrogens is 278 g/mol. The molecule has 0 aromatic heterocycles. The second-order valence-corrected chi connectivity index (χ2v) is 4.13. The molecule has 1 aliphatic heterocycles. The third-order valence-corrected chi connectivity index (χ3v) is 2.59. The predicted octanol–water partition coefficient (Wildman–Crippen LogP) is -0.260. The van der Waals surface area contributed by atoms with Crippen LogP contribution in [0.2, 0.25) is 0 Å². The second kappa shape index (κ2) is 5.95. The number of carbonyl (C=O) groups is 3. The average Bonchev–Trinajstić information content (AvgIpc) is 2.75. The van der Waals surface area contributed by atoms with Gasteiger partial charge in [-0.2, -0.15) is 0 Å². The van der Waals surface area contributed by atoms with Crippen LogP contribution < -0.4 is 25.8 Å². The minimum Gasteiger partial charge on any atom is -0.493 e. The van der Waals surface area contributed by atoms with Crippen LogP contribution in [-0.4, -0.2) is 31.6 Å². The van der Waals surface area contributed by atoms with Crippen LogP contribution in [0.3, 0.4) is 0 Å². The Morgan fingerprint density at radius 1 is 1.29 bits per heavy atom. The number of nitrogens with one attached hydrogen (secondary N) is 2. The Morgan fingerprint density at radius 3 is 2.62 bits per heavy atom. The van der Waals surface area contributed by atoms with Gasteiger partial charge in [-0.1, -0.05) is 6.07 Å². The zero-order chi connectivity index (χ0) is 15.4. The van der Waals surface area contributed by atoms with Crippen LogP contribution in [-0.2, 0) is 9.59 Å². The Hall–Kier alpha value is -3.03. The van der Waals surface area contributed by atoms with Gasteiger partial charge in [0.05, 0.1) is 7.11 Å². The van der Waals surface area contributed by atoms with Gasteiger partial charge < -0.3 is 20.5 Å². The Kier molecular flexibility index (Phi) is 4.07. The number of hydrogen-bond donors (Lipinski definition) is 3. The lowest BCUT2D eigenvalue weighted by molar-refractivity contribution is -0.120. The van der Waals surface area contributed by atoms with Crippen LogP contribution in [0.4, 0.5) is 4.79 Å². The maximum absolute atomic E-state index is 11.4. The number of primary amides is 1. The third-order valence-electron chi connectivity index (χ3n) is 2.59. The Labute approximate surface area is 119 Å². The molecule has 4 N–H and O–H groups in total. The summed E-state index contributed by atoms with van der Waals surface area (Å²) in [6.07, 6.45) is 1.49. The summed E-state index contributed by atoms with van der Waals surface area (Å²) in [4.78, 5) is 33.1. The van der Waals surface area contributed by atoms with Gasteiger partial charge in [-0.05, 0) is 23.8 Å². The van der Waals surface area contributed by atoms with E-state index in [2.05, 4.69) is 10.6 Å². The van der Waals surface area contributed by atoms with Crippen molar-refractivity contribution in [1.29, 1.82) is 0 Å². The monoisotopic (exact) mass is 291 g/mol. The summed E-state index contributed by atoms with van der Waals surface area (Å²) >= 11 is 0. The van der Waals surface area contributed by atoms with E-state index in [0.29, 0.717) is 17.1 Å². The predicted molar refractivity (Wildman–Crippen MR) is 72.3 cm³/mol. The minimum absolute atomic E-state index is 0.132. The number of amides is 4. The number of nitrogens with two attached hydrogens (primary N) is 1. The first-order valence-corrected chi connectivity index (χ1v) is 5.93. The molecule has 0 saturated carbocycles. The van der Waals surface area contributed by atoms with Crippen molar-refractivity contribution in [3.05, 3.63) is 29.5 Å². The van der Waals surface area contributed by atoms with Crippen molar-refractivity contribution < 1.29 is 23.9 Å². The van der Waals surface area contributed by atoms with Gasteiger partial charge in [0.2, 0.25) is 0 Å². The Bertz CT molecular complexity index is 639. The third kappa shape index (κ3) is 3.50. The number of ether oxygens (including phenoxy) is 2. The average molecular weight is 291 g/mol. The lowest BCUT2D eigenvalue weighted by Gasteiger charge is -2.10. The molecule has 2 rings (SSSR count). The molecule has 0 unspecified atom stereocenters. The molecule has 1 aromatic carbocycles. The molecule has 4 amide bonds. The maximum atomic E-state index is 11.4. The van der Waals surface area contributed by atoms with Crippen LogP contribution in [0.25, 0.3) is 6.08 Å². The van der Waals surface area contributed by atoms with E-state index in [-0.39, 0.29) is 12.3 Å². The first-order chi connectivity index (χ1) is 9.99. The molecule has 0 atom stereocenters. The summed E-state index contributed by atoms with van der Waals surface area (Å²) in [5, 5.41) is 4.47. The summed E-state index contributed by atoms with van der Waals surface area (Å²) in [6, 6.07) is 4.24. The number of methoxy groups -OCH3 is 1. The smallest absolute Gasteiger partial charge is 0.326 e. The summed E-state index contributed by atoms with van der Waals surface area (Å²) in [6.45, 7) is -0.269. The van der Waals surface area contributed by atoms with E-state index in [1.165, 1.54) is 13.2 Å². The molecule has 0 aliphatic carbocycles. The highest BCUT2D eigenvalue weighted by molar-refractivity contribution is 6.14. The molecule has 0 radical (unpaired) electrons. The van der Waals surface area contributed by atoms with E-state index in [1.54, 1.807) is 18.2 Å². The van der Waals surface area contributed by atoms with E-state index >= 15 is 0 Å². The minimum atomic E-state index is -0.603. The normalized spacial score (nSPS) is 15.6. The van der Waals surface area contributed by atoms with E-state index in [9.17, 15) is 14.4 Å². The molecule has 8 nitrogen and oxygen atoms in total. The van der Waals surface area contributed by atoms with Crippen molar-refractivity contribution in [3.63, 3.8) is 0 Å². The highest BCUT2D eigenvalue weighted by Gasteiger charge is 2.22. The highest BCUT2D eigenvalue weighted by Crippen LogP contribution is 2.28. The van der Waals surface area contributed by atoms with Gasteiger partial charge in [0.15, 0.2) is 18.1 Å². The van der Waals surface area contributed by atoms with Gasteiger partial charge in [0.1, 0.15) is 5.70 Å². The van der Waals surface area contributed by atoms with Crippen LogP contribution in [0.1, 0.15) is 5.56 Å². The van der Waals surface area contributed by atoms with Crippen molar-refractivity contribution in [1.82, 2.24) is 10.6 Å². The van der Waals surface area contributed by atoms with Crippen molar-refractivity contribution in [2.45, 2.75) is 0 Å². The largest absolute Gasteiger partial charge is 0.493 e. The van der Waals surface area contributed by atoms with Gasteiger partial charge in [-0.3, -0.25) is 14.9 Å². The Morgan fingerprint density at radius 2 is 2.05 bits per heavy atom. The molecule has 0 bridgehead atoms. The van der Waals surface area contributed by atoms with Crippen LogP contribution in [0.15, 0.2) is 23.9 Å². The van der Waals surface area contributed by atoms with Crippen molar-refractivity contribution in [2.24, 2.45) is 5.73 Å². The maximum Gasteiger partial charge on any atom is 0.326 e. The number of urea groups is 1. The molecule has 0 spiro atoms. The summed E-state index contributed by atoms with van der Waals surface area (Å²) in [5.74, 6) is -0.393. The first kappa shape index (κ1) is 14.4. The van der Waals surface area contributed by atoms with E-state index in [4.69, 9.17) is 15.2 Å². The quantitative estimate of drug-likeness (QED) is 0.510. The van der Waals surface area contributed by atoms with Crippen molar-refractivity contribution in [3.8, 4) is 11.5 Å². The zero-order valence-electron chi connectivity index (χ0n) is 11.1. The SMILES string of the molecule is COc1cc(/C=C2\NC(=O)NC2=O)ccc1OCC(N)=O. The van der Waals surface area contributed by atoms with Crippen LogP contribution in [0, 0.1) is 0 Å². The zero-order valence-corrected chi connectivity index (χ0v) is 11.1. The lowest BCUT2D eigenvalue weighted by atomic mass is 10.1. The molecule has 1 aromatic rings. The summed E-state index contributed by atoms with van der Waals surface area (Å²) < 4.78 is 10.3. The highest BCUT2D eigenvalue weighted by atomic mass is 16.5. The topological polar surface area (TPSA) is 120 Å². The molecule has 1 saturated heterocycles. The molecule has 8 heteroatoms. The van der Waals surface area contributed by atoms with Gasteiger partial charge >= 0.3 is 6.03 Å². The van der Waals surface area contributed by atoms with E-state index in [0.717, 1.165) is 0 Å². The number of imide groups is 1. The number of rotatable bonds is 5. The fourth-order valence-electron chi connectivity index (χ4n) is 1.69. The number of benzene rings is 1. The van der Waals surface area contributed by atoms with Gasteiger partial charge in [-0.15, -0.1) is 0 Å². The lowest BCUT2D eigenvalue weighted by Crippen LogP contribution is -2.22. The second-order valence-electron chi connectivity index (χ2n) is 4.13. The fraction of sp³-hybridized carbons (Fsp3) is 0.154. The molecular formula is C13H13N3O5.